The van der Waals surface area contributed by atoms with Crippen LogP contribution >= 0.6 is 0 Å². The van der Waals surface area contributed by atoms with E-state index in [0.29, 0.717) is 0 Å². The summed E-state index contributed by atoms with van der Waals surface area (Å²) in [7, 11) is -4.13. The van der Waals surface area contributed by atoms with E-state index < -0.39 is 91.1 Å². The second kappa shape index (κ2) is 7.64. The molecule has 28 heavy (non-hydrogen) atoms. The maximum atomic E-state index is 13.8. The van der Waals surface area contributed by atoms with Crippen LogP contribution in [-0.4, -0.2) is 4.21 Å². The zero-order chi connectivity index (χ0) is 21.7. The van der Waals surface area contributed by atoms with Crippen molar-refractivity contribution in [2.24, 2.45) is 0 Å². The van der Waals surface area contributed by atoms with E-state index in [1.807, 2.05) is 0 Å². The van der Waals surface area contributed by atoms with Crippen LogP contribution in [0.5, 0.6) is 0 Å². The highest BCUT2D eigenvalue weighted by molar-refractivity contribution is 7.85. The second-order valence-corrected chi connectivity index (χ2v) is 6.22. The molecule has 0 N–H and O–H groups in total. The van der Waals surface area contributed by atoms with E-state index in [1.165, 1.54) is 0 Å². The van der Waals surface area contributed by atoms with Crippen molar-refractivity contribution < 1.29 is 56.9 Å². The summed E-state index contributed by atoms with van der Waals surface area (Å²) < 4.78 is 171. The minimum atomic E-state index is -4.13. The Kier molecular flexibility index (Phi) is 6.01. The number of benzene rings is 2. The van der Waals surface area contributed by atoms with E-state index >= 15 is 0 Å². The van der Waals surface area contributed by atoms with Crippen molar-refractivity contribution in [2.45, 2.75) is 22.6 Å². The Hall–Kier alpha value is -2.25. The van der Waals surface area contributed by atoms with Gasteiger partial charge >= 0.3 is 0 Å². The Bertz CT molecular complexity index is 852. The smallest absolute Gasteiger partial charge is 0.249 e. The lowest BCUT2D eigenvalue weighted by Gasteiger charge is -2.14. The van der Waals surface area contributed by atoms with Crippen LogP contribution in [0.15, 0.2) is 9.79 Å². The molecule has 0 aromatic heterocycles. The van der Waals surface area contributed by atoms with Crippen LogP contribution in [0.2, 0.25) is 0 Å². The molecule has 0 heterocycles. The Morgan fingerprint density at radius 2 is 0.679 bits per heavy atom. The molecule has 1 nitrogen and oxygen atoms in total. The average Bonchev–Trinajstić information content (AvgIpc) is 2.58. The van der Waals surface area contributed by atoms with Crippen LogP contribution in [0, 0.1) is 46.5 Å². The lowest BCUT2D eigenvalue weighted by molar-refractivity contribution is 0.137. The number of rotatable bonds is 4. The highest BCUT2D eigenvalue weighted by atomic mass is 32.2. The largest absolute Gasteiger partial charge is 0.269 e. The van der Waals surface area contributed by atoms with Gasteiger partial charge in [0.15, 0.2) is 46.5 Å². The summed E-state index contributed by atoms with van der Waals surface area (Å²) in [6.07, 6.45) is -8.22. The van der Waals surface area contributed by atoms with Gasteiger partial charge in [-0.1, -0.05) is 0 Å². The SMILES string of the molecule is O=S(c1c(F)c(F)c(C(F)F)c(F)c1F)c1c(F)c(F)c(C(F)F)c(F)c1F. The van der Waals surface area contributed by atoms with Crippen molar-refractivity contribution >= 4 is 10.8 Å². The topological polar surface area (TPSA) is 17.1 Å². The van der Waals surface area contributed by atoms with Gasteiger partial charge in [0, 0.05) is 0 Å². The van der Waals surface area contributed by atoms with Gasteiger partial charge in [0.05, 0.1) is 21.9 Å². The van der Waals surface area contributed by atoms with E-state index in [-0.39, 0.29) is 0 Å². The van der Waals surface area contributed by atoms with Gasteiger partial charge < -0.3 is 0 Å². The number of halogens is 12. The maximum Gasteiger partial charge on any atom is 0.269 e. The minimum absolute atomic E-state index is 2.40. The molecule has 0 unspecified atom stereocenters. The van der Waals surface area contributed by atoms with Gasteiger partial charge in [0.2, 0.25) is 0 Å². The molecule has 0 saturated heterocycles. The molecule has 0 aliphatic heterocycles. The van der Waals surface area contributed by atoms with E-state index in [9.17, 15) is 56.9 Å². The Balaban J connectivity index is 2.86. The van der Waals surface area contributed by atoms with Gasteiger partial charge in [-0.15, -0.1) is 0 Å². The second-order valence-electron chi connectivity index (χ2n) is 4.87. The Morgan fingerprint density at radius 3 is 0.857 bits per heavy atom. The zero-order valence-electron chi connectivity index (χ0n) is 12.5. The predicted molar refractivity (Wildman–Crippen MR) is 67.1 cm³/mol. The highest BCUT2D eigenvalue weighted by Crippen LogP contribution is 2.37. The molecule has 2 aromatic carbocycles. The van der Waals surface area contributed by atoms with Crippen molar-refractivity contribution in [3.63, 3.8) is 0 Å². The molecule has 0 spiro atoms. The summed E-state index contributed by atoms with van der Waals surface area (Å²) in [5.74, 6) is -22.4. The molecular weight excluding hydrogens is 444 g/mol. The van der Waals surface area contributed by atoms with Crippen LogP contribution in [-0.2, 0) is 10.8 Å². The molecule has 0 fully saturated rings. The molecule has 0 aliphatic carbocycles. The monoisotopic (exact) mass is 446 g/mol. The summed E-state index contributed by atoms with van der Waals surface area (Å²) in [6, 6.07) is 0. The van der Waals surface area contributed by atoms with E-state index in [1.54, 1.807) is 0 Å². The molecule has 2 rings (SSSR count). The van der Waals surface area contributed by atoms with Crippen LogP contribution in [0.1, 0.15) is 24.0 Å². The third-order valence-corrected chi connectivity index (χ3v) is 4.78. The van der Waals surface area contributed by atoms with E-state index in [0.717, 1.165) is 0 Å². The normalized spacial score (nSPS) is 12.0. The van der Waals surface area contributed by atoms with Crippen molar-refractivity contribution in [3.8, 4) is 0 Å². The lowest BCUT2D eigenvalue weighted by Crippen LogP contribution is -2.15. The van der Waals surface area contributed by atoms with Gasteiger partial charge in [-0.05, 0) is 0 Å². The molecule has 2 aromatic rings. The maximum absolute atomic E-state index is 13.8. The van der Waals surface area contributed by atoms with Gasteiger partial charge in [0.25, 0.3) is 12.9 Å². The lowest BCUT2D eigenvalue weighted by atomic mass is 10.2. The van der Waals surface area contributed by atoms with Crippen LogP contribution in [0.3, 0.4) is 0 Å². The number of alkyl halides is 4. The minimum Gasteiger partial charge on any atom is -0.249 e. The quantitative estimate of drug-likeness (QED) is 0.426. The molecular formula is C14H2F12OS. The fraction of sp³-hybridized carbons (Fsp3) is 0.143. The first-order valence-electron chi connectivity index (χ1n) is 6.54. The van der Waals surface area contributed by atoms with Crippen molar-refractivity contribution in [2.75, 3.05) is 0 Å². The van der Waals surface area contributed by atoms with Gasteiger partial charge in [-0.25, -0.2) is 56.9 Å². The van der Waals surface area contributed by atoms with E-state index in [4.69, 9.17) is 0 Å². The molecule has 0 radical (unpaired) electrons. The molecule has 154 valence electrons. The van der Waals surface area contributed by atoms with E-state index in [2.05, 4.69) is 0 Å². The first kappa shape index (κ1) is 22.0. The molecule has 0 bridgehead atoms. The summed E-state index contributed by atoms with van der Waals surface area (Å²) in [5, 5.41) is 0. The van der Waals surface area contributed by atoms with Crippen molar-refractivity contribution in [3.05, 3.63) is 57.7 Å². The fourth-order valence-corrected chi connectivity index (χ4v) is 3.28. The molecule has 0 saturated carbocycles. The summed E-state index contributed by atoms with van der Waals surface area (Å²) >= 11 is 0. The summed E-state index contributed by atoms with van der Waals surface area (Å²) in [4.78, 5) is -4.80. The third kappa shape index (κ3) is 3.22. The fourth-order valence-electron chi connectivity index (χ4n) is 2.07. The number of hydrogen-bond donors (Lipinski definition) is 0. The number of hydrogen-bond acceptors (Lipinski definition) is 1. The standard InChI is InChI=1S/C14H2F12OS/c15-3-1(13(23)24)4(16)8(20)11(7(3)19)28(27)12-9(21)5(17)2(14(25)26)6(18)10(12)22/h13-14H. The predicted octanol–water partition coefficient (Wildman–Crippen LogP) is 5.84. The van der Waals surface area contributed by atoms with Crippen molar-refractivity contribution in [1.82, 2.24) is 0 Å². The molecule has 14 heteroatoms. The Morgan fingerprint density at radius 1 is 0.464 bits per heavy atom. The highest BCUT2D eigenvalue weighted by Gasteiger charge is 2.38. The van der Waals surface area contributed by atoms with Crippen LogP contribution in [0.25, 0.3) is 0 Å². The third-order valence-electron chi connectivity index (χ3n) is 3.32. The summed E-state index contributed by atoms with van der Waals surface area (Å²) in [6.45, 7) is 0. The Labute approximate surface area is 149 Å². The van der Waals surface area contributed by atoms with Crippen molar-refractivity contribution in [1.29, 1.82) is 0 Å². The van der Waals surface area contributed by atoms with Crippen LogP contribution < -0.4 is 0 Å². The molecule has 0 atom stereocenters. The van der Waals surface area contributed by atoms with Gasteiger partial charge in [-0.3, -0.25) is 0 Å². The average molecular weight is 446 g/mol. The van der Waals surface area contributed by atoms with Gasteiger partial charge in [0.1, 0.15) is 9.79 Å². The zero-order valence-corrected chi connectivity index (χ0v) is 13.3. The first-order chi connectivity index (χ1) is 12.8. The molecule has 0 amide bonds. The van der Waals surface area contributed by atoms with Crippen LogP contribution in [0.4, 0.5) is 52.7 Å². The van der Waals surface area contributed by atoms with Gasteiger partial charge in [-0.2, -0.15) is 0 Å². The summed E-state index contributed by atoms with van der Waals surface area (Å²) in [5.41, 5.74) is -4.88. The first-order valence-corrected chi connectivity index (χ1v) is 7.69. The molecule has 0 aliphatic rings.